The number of carbonyl (C=O) groups is 1. The van der Waals surface area contributed by atoms with Crippen LogP contribution in [0.25, 0.3) is 38.9 Å². The van der Waals surface area contributed by atoms with E-state index in [4.69, 9.17) is 16.6 Å². The minimum absolute atomic E-state index is 0. The smallest absolute Gasteiger partial charge is 0.349 e. The number of nitrogens with one attached hydrogen (secondary N) is 1. The third-order valence-corrected chi connectivity index (χ3v) is 8.46. The van der Waals surface area contributed by atoms with Crippen molar-refractivity contribution >= 4 is 45.3 Å². The fourth-order valence-electron chi connectivity index (χ4n) is 6.01. The first-order valence-electron chi connectivity index (χ1n) is 14.3. The summed E-state index contributed by atoms with van der Waals surface area (Å²) in [6.07, 6.45) is 4.84. The van der Waals surface area contributed by atoms with Crippen LogP contribution in [-0.4, -0.2) is 65.7 Å². The number of hydrogen-bond acceptors (Lipinski definition) is 7. The van der Waals surface area contributed by atoms with Gasteiger partial charge in [0.25, 0.3) is 0 Å². The van der Waals surface area contributed by atoms with Crippen LogP contribution in [0.2, 0.25) is 5.02 Å². The molecule has 1 saturated heterocycles. The van der Waals surface area contributed by atoms with Crippen molar-refractivity contribution in [3.63, 3.8) is 0 Å². The topological polar surface area (TPSA) is 113 Å². The van der Waals surface area contributed by atoms with Gasteiger partial charge in [-0.1, -0.05) is 57.7 Å². The molecule has 0 radical (unpaired) electrons. The summed E-state index contributed by atoms with van der Waals surface area (Å²) < 4.78 is 1.56. The van der Waals surface area contributed by atoms with Crippen LogP contribution in [0.1, 0.15) is 52.3 Å². The number of aryl methyl sites for hydroxylation is 1. The number of amides is 1. The highest BCUT2D eigenvalue weighted by molar-refractivity contribution is 6.34. The molecule has 10 nitrogen and oxygen atoms in total. The summed E-state index contributed by atoms with van der Waals surface area (Å²) >= 11 is 7.01. The van der Waals surface area contributed by atoms with Crippen LogP contribution >= 0.6 is 11.6 Å². The molecule has 11 heteroatoms. The molecule has 0 aliphatic carbocycles. The fourth-order valence-corrected chi connectivity index (χ4v) is 6.27. The Morgan fingerprint density at radius 2 is 1.93 bits per heavy atom. The number of halogens is 1. The normalized spacial score (nSPS) is 16.9. The number of aromatic amines is 1. The largest absolute Gasteiger partial charge is 0.355 e. The van der Waals surface area contributed by atoms with E-state index in [9.17, 15) is 9.59 Å². The molecule has 0 bridgehead atoms. The predicted molar refractivity (Wildman–Crippen MR) is 177 cm³/mol. The molecule has 6 rings (SSSR count). The monoisotopic (exact) mass is 612 g/mol. The molecule has 0 spiro atoms. The maximum atomic E-state index is 14.2. The third kappa shape index (κ3) is 5.02. The van der Waals surface area contributed by atoms with Crippen molar-refractivity contribution in [2.75, 3.05) is 18.0 Å². The van der Waals surface area contributed by atoms with Crippen molar-refractivity contribution in [3.8, 4) is 16.9 Å². The highest BCUT2D eigenvalue weighted by Gasteiger charge is 2.34. The number of rotatable bonds is 5. The number of anilines is 1. The molecule has 1 N–H and O–H groups in total. The van der Waals surface area contributed by atoms with E-state index < -0.39 is 5.69 Å². The first-order chi connectivity index (χ1) is 20.6. The van der Waals surface area contributed by atoms with Gasteiger partial charge in [-0.3, -0.25) is 14.9 Å². The number of benzene rings is 1. The molecule has 4 aromatic heterocycles. The Labute approximate surface area is 261 Å². The second kappa shape index (κ2) is 11.8. The fraction of sp³-hybridized carbons (Fsp3) is 0.333. The molecule has 2 atom stereocenters. The Hall–Kier alpha value is -4.57. The Kier molecular flexibility index (Phi) is 8.31. The van der Waals surface area contributed by atoms with E-state index in [0.29, 0.717) is 46.3 Å². The first kappa shape index (κ1) is 30.9. The van der Waals surface area contributed by atoms with Gasteiger partial charge in [0.1, 0.15) is 5.82 Å². The van der Waals surface area contributed by atoms with Gasteiger partial charge in [-0.15, -0.1) is 0 Å². The van der Waals surface area contributed by atoms with Gasteiger partial charge in [0.2, 0.25) is 5.91 Å². The van der Waals surface area contributed by atoms with Crippen LogP contribution in [-0.2, 0) is 4.79 Å². The molecule has 1 fully saturated rings. The Morgan fingerprint density at radius 1 is 1.16 bits per heavy atom. The van der Waals surface area contributed by atoms with Gasteiger partial charge >= 0.3 is 5.69 Å². The van der Waals surface area contributed by atoms with Crippen molar-refractivity contribution < 1.29 is 4.79 Å². The van der Waals surface area contributed by atoms with E-state index in [1.54, 1.807) is 21.9 Å². The third-order valence-electron chi connectivity index (χ3n) is 8.17. The number of carbonyl (C=O) groups excluding carboxylic acids is 1. The molecule has 1 aliphatic heterocycles. The van der Waals surface area contributed by atoms with E-state index >= 15 is 0 Å². The molecule has 1 aliphatic rings. The average molecular weight is 613 g/mol. The molecular formula is C33H37ClN8O2. The molecular weight excluding hydrogens is 576 g/mol. The summed E-state index contributed by atoms with van der Waals surface area (Å²) in [5.74, 6) is 0.399. The van der Waals surface area contributed by atoms with Gasteiger partial charge < -0.3 is 9.80 Å². The van der Waals surface area contributed by atoms with Crippen LogP contribution < -0.4 is 10.6 Å². The second-order valence-electron chi connectivity index (χ2n) is 11.4. The minimum Gasteiger partial charge on any atom is -0.349 e. The lowest BCUT2D eigenvalue weighted by atomic mass is 10.0. The van der Waals surface area contributed by atoms with E-state index in [2.05, 4.69) is 31.6 Å². The summed E-state index contributed by atoms with van der Waals surface area (Å²) in [5.41, 5.74) is 4.35. The highest BCUT2D eigenvalue weighted by atomic mass is 35.5. The molecule has 228 valence electrons. The van der Waals surface area contributed by atoms with E-state index in [0.717, 1.165) is 27.7 Å². The Morgan fingerprint density at radius 3 is 2.66 bits per heavy atom. The first-order valence-corrected chi connectivity index (χ1v) is 14.7. The van der Waals surface area contributed by atoms with Gasteiger partial charge in [0.15, 0.2) is 5.65 Å². The minimum atomic E-state index is -0.467. The van der Waals surface area contributed by atoms with Crippen LogP contribution in [0, 0.1) is 6.92 Å². The van der Waals surface area contributed by atoms with Gasteiger partial charge in [0.05, 0.1) is 39.2 Å². The van der Waals surface area contributed by atoms with E-state index in [-0.39, 0.29) is 31.3 Å². The van der Waals surface area contributed by atoms with Crippen LogP contribution in [0.3, 0.4) is 0 Å². The Balaban J connectivity index is 0.00000384. The number of H-pyrrole nitrogens is 1. The molecule has 5 heterocycles. The summed E-state index contributed by atoms with van der Waals surface area (Å²) in [6.45, 7) is 14.6. The maximum Gasteiger partial charge on any atom is 0.355 e. The highest BCUT2D eigenvalue weighted by Crippen LogP contribution is 2.37. The van der Waals surface area contributed by atoms with Crippen LogP contribution in [0.5, 0.6) is 0 Å². The molecule has 0 unspecified atom stereocenters. The Bertz CT molecular complexity index is 1960. The number of para-hydroxylation sites is 1. The van der Waals surface area contributed by atoms with Gasteiger partial charge in [-0.05, 0) is 50.5 Å². The zero-order chi connectivity index (χ0) is 30.6. The number of fused-ring (bicyclic) bond motifs is 2. The average Bonchev–Trinajstić information content (AvgIpc) is 3.47. The lowest BCUT2D eigenvalue weighted by Gasteiger charge is -2.44. The molecule has 1 aromatic carbocycles. The number of piperazine rings is 1. The number of nitrogens with zero attached hydrogens (tertiary/aromatic N) is 7. The SMILES string of the molecule is C.C=CC(=O)N1C[C@H](C)N(c2nc(=O)n(-c3c(C)ccnc3C(C)C)c3nc(-c4cccc5cn[nH]c45)c(Cl)cc23)C[C@H]1C. The standard InChI is InChI=1S/C32H33ClN8O2.CH4/c1-7-25(42)39-15-20(6)40(16-19(39)5)30-23-13-24(33)28(22-10-8-9-21-14-35-38-27(21)22)36-31(23)41(32(43)37-30)29-18(4)11-12-34-26(29)17(2)3;/h7-14,17,19-20H,1,15-16H2,2-6H3,(H,35,38);1H4/t19-,20+;/m1./s1. The summed E-state index contributed by atoms with van der Waals surface area (Å²) in [7, 11) is 0. The van der Waals surface area contributed by atoms with Crippen molar-refractivity contribution in [2.24, 2.45) is 0 Å². The van der Waals surface area contributed by atoms with E-state index in [1.165, 1.54) is 6.08 Å². The van der Waals surface area contributed by atoms with Gasteiger partial charge in [-0.2, -0.15) is 10.1 Å². The molecule has 1 amide bonds. The number of pyridine rings is 2. The molecule has 0 saturated carbocycles. The van der Waals surface area contributed by atoms with Crippen molar-refractivity contribution in [1.29, 1.82) is 0 Å². The summed E-state index contributed by atoms with van der Waals surface area (Å²) in [4.78, 5) is 45.0. The quantitative estimate of drug-likeness (QED) is 0.240. The summed E-state index contributed by atoms with van der Waals surface area (Å²) in [5, 5.41) is 9.23. The van der Waals surface area contributed by atoms with Crippen molar-refractivity contribution in [2.45, 2.75) is 60.0 Å². The summed E-state index contributed by atoms with van der Waals surface area (Å²) in [6, 6.07) is 9.28. The molecule has 44 heavy (non-hydrogen) atoms. The molecule has 5 aromatic rings. The number of aromatic nitrogens is 6. The lowest BCUT2D eigenvalue weighted by molar-refractivity contribution is -0.128. The van der Waals surface area contributed by atoms with Crippen LogP contribution in [0.4, 0.5) is 5.82 Å². The van der Waals surface area contributed by atoms with Crippen molar-refractivity contribution in [1.82, 2.24) is 34.6 Å². The number of hydrogen-bond donors (Lipinski definition) is 1. The van der Waals surface area contributed by atoms with Crippen molar-refractivity contribution in [3.05, 3.63) is 82.1 Å². The second-order valence-corrected chi connectivity index (χ2v) is 11.9. The van der Waals surface area contributed by atoms with Crippen LogP contribution in [0.15, 0.2) is 60.2 Å². The van der Waals surface area contributed by atoms with Gasteiger partial charge in [0, 0.05) is 42.3 Å². The van der Waals surface area contributed by atoms with Gasteiger partial charge in [-0.25, -0.2) is 14.3 Å². The zero-order valence-electron chi connectivity index (χ0n) is 24.8. The zero-order valence-corrected chi connectivity index (χ0v) is 25.6. The lowest BCUT2D eigenvalue weighted by Crippen LogP contribution is -2.58. The van der Waals surface area contributed by atoms with E-state index in [1.807, 2.05) is 65.0 Å². The predicted octanol–water partition coefficient (Wildman–Crippen LogP) is 6.05. The maximum absolute atomic E-state index is 14.2.